The summed E-state index contributed by atoms with van der Waals surface area (Å²) < 4.78 is 34.8. The van der Waals surface area contributed by atoms with Crippen LogP contribution in [0.5, 0.6) is 0 Å². The number of hydrogen-bond donors (Lipinski definition) is 3. The van der Waals surface area contributed by atoms with Gasteiger partial charge in [-0.15, -0.1) is 11.3 Å². The summed E-state index contributed by atoms with van der Waals surface area (Å²) in [5.41, 5.74) is 15.6. The van der Waals surface area contributed by atoms with E-state index in [9.17, 15) is 8.78 Å². The van der Waals surface area contributed by atoms with Gasteiger partial charge in [-0.2, -0.15) is 0 Å². The molecule has 0 spiro atoms. The van der Waals surface area contributed by atoms with Crippen LogP contribution in [0.15, 0.2) is 48.1 Å². The molecule has 4 rings (SSSR count). The fraction of sp³-hybridized carbons (Fsp3) is 0.190. The molecule has 0 aliphatic heterocycles. The summed E-state index contributed by atoms with van der Waals surface area (Å²) in [4.78, 5) is 8.09. The zero-order valence-corrected chi connectivity index (χ0v) is 16.5. The maximum absolute atomic E-state index is 14.9. The van der Waals surface area contributed by atoms with E-state index in [-0.39, 0.29) is 11.1 Å². The van der Waals surface area contributed by atoms with Crippen molar-refractivity contribution in [1.29, 1.82) is 0 Å². The minimum absolute atomic E-state index is 0.0378. The Morgan fingerprint density at radius 1 is 1.10 bits per heavy atom. The molecule has 0 bridgehead atoms. The number of nitrogens with two attached hydrogens (primary N) is 2. The fourth-order valence-corrected chi connectivity index (χ4v) is 4.20. The first kappa shape index (κ1) is 19.7. The highest BCUT2D eigenvalue weighted by molar-refractivity contribution is 7.10. The Kier molecular flexibility index (Phi) is 5.42. The average molecular weight is 414 g/mol. The standard InChI is InChI=1S/C21H20F2N4OS/c1-28-8-13-6-12(9-29-13)14-3-4-15(19(23)18(14)22)21(25)20(24)11-2-5-16-17(7-11)27-10-26-16/h2-7,9-10,20-21H,8,24-25H2,1H3,(H,26,27). The van der Waals surface area contributed by atoms with Crippen LogP contribution in [0.3, 0.4) is 0 Å². The third-order valence-corrected chi connectivity index (χ3v) is 5.85. The molecule has 0 saturated carbocycles. The van der Waals surface area contributed by atoms with Crippen molar-refractivity contribution in [2.75, 3.05) is 7.11 Å². The van der Waals surface area contributed by atoms with Gasteiger partial charge in [0.15, 0.2) is 11.6 Å². The van der Waals surface area contributed by atoms with E-state index in [1.54, 1.807) is 30.9 Å². The summed E-state index contributed by atoms with van der Waals surface area (Å²) in [6.45, 7) is 0.424. The maximum atomic E-state index is 14.9. The summed E-state index contributed by atoms with van der Waals surface area (Å²) in [6.07, 6.45) is 1.58. The van der Waals surface area contributed by atoms with E-state index in [1.165, 1.54) is 23.5 Å². The number of benzene rings is 2. The van der Waals surface area contributed by atoms with Crippen LogP contribution >= 0.6 is 11.3 Å². The molecule has 0 radical (unpaired) electrons. The second-order valence-electron chi connectivity index (χ2n) is 6.80. The summed E-state index contributed by atoms with van der Waals surface area (Å²) >= 11 is 1.43. The minimum Gasteiger partial charge on any atom is -0.379 e. The number of rotatable bonds is 6. The summed E-state index contributed by atoms with van der Waals surface area (Å²) in [5.74, 6) is -1.91. The van der Waals surface area contributed by atoms with Crippen LogP contribution in [0.2, 0.25) is 0 Å². The second kappa shape index (κ2) is 8.00. The number of thiophene rings is 1. The Morgan fingerprint density at radius 3 is 2.72 bits per heavy atom. The van der Waals surface area contributed by atoms with Gasteiger partial charge in [-0.1, -0.05) is 18.2 Å². The number of methoxy groups -OCH3 is 1. The summed E-state index contributed by atoms with van der Waals surface area (Å²) in [5, 5.41) is 1.77. The SMILES string of the molecule is COCc1cc(-c2ccc(C(N)C(N)c3ccc4nc[nH]c4c3)c(F)c2F)cs1. The third-order valence-electron chi connectivity index (χ3n) is 4.94. The number of fused-ring (bicyclic) bond motifs is 1. The lowest BCUT2D eigenvalue weighted by Gasteiger charge is -2.22. The van der Waals surface area contributed by atoms with Gasteiger partial charge < -0.3 is 21.2 Å². The number of nitrogens with one attached hydrogen (secondary N) is 1. The van der Waals surface area contributed by atoms with E-state index in [2.05, 4.69) is 9.97 Å². The van der Waals surface area contributed by atoms with E-state index < -0.39 is 23.7 Å². The number of aromatic amines is 1. The molecule has 150 valence electrons. The monoisotopic (exact) mass is 414 g/mol. The van der Waals surface area contributed by atoms with E-state index in [1.807, 2.05) is 12.1 Å². The highest BCUT2D eigenvalue weighted by Crippen LogP contribution is 2.34. The fourth-order valence-electron chi connectivity index (χ4n) is 3.35. The van der Waals surface area contributed by atoms with Crippen LogP contribution in [0.25, 0.3) is 22.2 Å². The lowest BCUT2D eigenvalue weighted by molar-refractivity contribution is 0.187. The number of H-pyrrole nitrogens is 1. The largest absolute Gasteiger partial charge is 0.379 e. The number of aromatic nitrogens is 2. The number of nitrogens with zero attached hydrogens (tertiary/aromatic N) is 1. The first-order valence-electron chi connectivity index (χ1n) is 8.98. The van der Waals surface area contributed by atoms with Gasteiger partial charge in [-0.05, 0) is 34.7 Å². The molecule has 2 aromatic carbocycles. The molecule has 2 unspecified atom stereocenters. The predicted molar refractivity (Wildman–Crippen MR) is 110 cm³/mol. The number of imidazole rings is 1. The summed E-state index contributed by atoms with van der Waals surface area (Å²) in [6, 6.07) is 8.62. The van der Waals surface area contributed by atoms with Crippen molar-refractivity contribution in [3.05, 3.63) is 75.7 Å². The highest BCUT2D eigenvalue weighted by atomic mass is 32.1. The van der Waals surface area contributed by atoms with Gasteiger partial charge in [0, 0.05) is 29.2 Å². The Labute approximate surface area is 170 Å². The van der Waals surface area contributed by atoms with Crippen LogP contribution in [0, 0.1) is 11.6 Å². The van der Waals surface area contributed by atoms with Crippen LogP contribution in [0.4, 0.5) is 8.78 Å². The van der Waals surface area contributed by atoms with Crippen molar-refractivity contribution < 1.29 is 13.5 Å². The third kappa shape index (κ3) is 3.67. The first-order chi connectivity index (χ1) is 14.0. The van der Waals surface area contributed by atoms with E-state index in [0.29, 0.717) is 17.7 Å². The molecule has 4 aromatic rings. The normalized spacial score (nSPS) is 13.7. The van der Waals surface area contributed by atoms with Crippen LogP contribution in [-0.4, -0.2) is 17.1 Å². The van der Waals surface area contributed by atoms with Gasteiger partial charge in [0.05, 0.1) is 30.0 Å². The predicted octanol–water partition coefficient (Wildman–Crippen LogP) is 4.42. The Hall–Kier alpha value is -2.65. The smallest absolute Gasteiger partial charge is 0.167 e. The number of ether oxygens (including phenoxy) is 1. The lowest BCUT2D eigenvalue weighted by Crippen LogP contribution is -2.27. The van der Waals surface area contributed by atoms with Gasteiger partial charge in [-0.3, -0.25) is 0 Å². The maximum Gasteiger partial charge on any atom is 0.167 e. The number of hydrogen-bond acceptors (Lipinski definition) is 5. The molecule has 5 nitrogen and oxygen atoms in total. The molecule has 0 aliphatic carbocycles. The van der Waals surface area contributed by atoms with Crippen molar-refractivity contribution >= 4 is 22.4 Å². The van der Waals surface area contributed by atoms with Crippen molar-refractivity contribution in [1.82, 2.24) is 9.97 Å². The lowest BCUT2D eigenvalue weighted by atomic mass is 9.92. The van der Waals surface area contributed by atoms with Crippen molar-refractivity contribution in [2.24, 2.45) is 11.5 Å². The van der Waals surface area contributed by atoms with Crippen LogP contribution < -0.4 is 11.5 Å². The summed E-state index contributed by atoms with van der Waals surface area (Å²) in [7, 11) is 1.59. The minimum atomic E-state index is -0.979. The van der Waals surface area contributed by atoms with Gasteiger partial charge in [0.25, 0.3) is 0 Å². The Morgan fingerprint density at radius 2 is 1.93 bits per heavy atom. The average Bonchev–Trinajstić information content (AvgIpc) is 3.38. The molecule has 2 atom stereocenters. The molecule has 0 saturated heterocycles. The first-order valence-corrected chi connectivity index (χ1v) is 9.86. The topological polar surface area (TPSA) is 89.9 Å². The van der Waals surface area contributed by atoms with Gasteiger partial charge in [0.2, 0.25) is 0 Å². The molecule has 8 heteroatoms. The zero-order valence-electron chi connectivity index (χ0n) is 15.7. The Bertz CT molecular complexity index is 1160. The quantitative estimate of drug-likeness (QED) is 0.436. The molecule has 2 aromatic heterocycles. The van der Waals surface area contributed by atoms with Gasteiger partial charge in [0.1, 0.15) is 0 Å². The second-order valence-corrected chi connectivity index (χ2v) is 7.79. The van der Waals surface area contributed by atoms with Crippen LogP contribution in [-0.2, 0) is 11.3 Å². The molecular formula is C21H20F2N4OS. The van der Waals surface area contributed by atoms with E-state index in [4.69, 9.17) is 16.2 Å². The van der Waals surface area contributed by atoms with E-state index in [0.717, 1.165) is 15.9 Å². The molecule has 0 amide bonds. The van der Waals surface area contributed by atoms with Crippen molar-refractivity contribution in [3.63, 3.8) is 0 Å². The molecule has 0 fully saturated rings. The van der Waals surface area contributed by atoms with E-state index >= 15 is 0 Å². The molecule has 0 aliphatic rings. The van der Waals surface area contributed by atoms with Gasteiger partial charge >= 0.3 is 0 Å². The Balaban J connectivity index is 1.64. The van der Waals surface area contributed by atoms with Crippen LogP contribution in [0.1, 0.15) is 28.1 Å². The molecule has 5 N–H and O–H groups in total. The zero-order chi connectivity index (χ0) is 20.5. The van der Waals surface area contributed by atoms with Gasteiger partial charge in [-0.25, -0.2) is 13.8 Å². The number of halogens is 2. The molecule has 29 heavy (non-hydrogen) atoms. The van der Waals surface area contributed by atoms with Crippen molar-refractivity contribution in [2.45, 2.75) is 18.7 Å². The van der Waals surface area contributed by atoms with Crippen molar-refractivity contribution in [3.8, 4) is 11.1 Å². The molecule has 2 heterocycles. The molecular weight excluding hydrogens is 394 g/mol. The highest BCUT2D eigenvalue weighted by Gasteiger charge is 2.24.